The van der Waals surface area contributed by atoms with Gasteiger partial charge in [0.05, 0.1) is 12.2 Å². The van der Waals surface area contributed by atoms with Crippen molar-refractivity contribution in [3.63, 3.8) is 0 Å². The first-order valence-corrected chi connectivity index (χ1v) is 7.49. The maximum Gasteiger partial charge on any atom is 0.255 e. The summed E-state index contributed by atoms with van der Waals surface area (Å²) in [6.45, 7) is 5.18. The van der Waals surface area contributed by atoms with Gasteiger partial charge in [-0.2, -0.15) is 0 Å². The van der Waals surface area contributed by atoms with Crippen LogP contribution in [0.15, 0.2) is 18.5 Å². The summed E-state index contributed by atoms with van der Waals surface area (Å²) in [6, 6.07) is 2.11. The second-order valence-corrected chi connectivity index (χ2v) is 5.69. The average molecular weight is 286 g/mol. The van der Waals surface area contributed by atoms with E-state index in [0.717, 1.165) is 24.9 Å². The molecule has 0 aliphatic carbocycles. The minimum absolute atomic E-state index is 0.0445. The fourth-order valence-electron chi connectivity index (χ4n) is 2.75. The second kappa shape index (κ2) is 7.24. The molecular weight excluding hydrogens is 264 g/mol. The fraction of sp³-hybridized carbons (Fsp3) is 0.529. The molecule has 4 nitrogen and oxygen atoms in total. The number of aliphatic hydroxyl groups is 1. The van der Waals surface area contributed by atoms with Crippen molar-refractivity contribution in [3.05, 3.63) is 29.6 Å². The van der Waals surface area contributed by atoms with E-state index in [1.165, 1.54) is 0 Å². The van der Waals surface area contributed by atoms with Gasteiger partial charge in [0.15, 0.2) is 0 Å². The number of rotatable bonds is 3. The lowest BCUT2D eigenvalue weighted by Gasteiger charge is -2.27. The molecule has 1 N–H and O–H groups in total. The van der Waals surface area contributed by atoms with Gasteiger partial charge in [0.1, 0.15) is 0 Å². The summed E-state index contributed by atoms with van der Waals surface area (Å²) in [4.78, 5) is 18.7. The van der Waals surface area contributed by atoms with E-state index in [0.29, 0.717) is 23.9 Å². The van der Waals surface area contributed by atoms with Gasteiger partial charge in [-0.25, -0.2) is 0 Å². The maximum absolute atomic E-state index is 12.6. The Morgan fingerprint density at radius 2 is 2.33 bits per heavy atom. The fourth-order valence-corrected chi connectivity index (χ4v) is 2.75. The van der Waals surface area contributed by atoms with E-state index in [-0.39, 0.29) is 12.5 Å². The van der Waals surface area contributed by atoms with Gasteiger partial charge in [0.2, 0.25) is 0 Å². The molecule has 2 rings (SSSR count). The lowest BCUT2D eigenvalue weighted by Crippen LogP contribution is -2.38. The lowest BCUT2D eigenvalue weighted by molar-refractivity contribution is 0.0701. The highest BCUT2D eigenvalue weighted by Gasteiger charge is 2.31. The maximum atomic E-state index is 12.6. The van der Waals surface area contributed by atoms with Crippen LogP contribution in [0.5, 0.6) is 0 Å². The summed E-state index contributed by atoms with van der Waals surface area (Å²) >= 11 is 0. The van der Waals surface area contributed by atoms with Crippen molar-refractivity contribution in [2.45, 2.75) is 39.2 Å². The summed E-state index contributed by atoms with van der Waals surface area (Å²) in [7, 11) is 0. The third kappa shape index (κ3) is 3.83. The molecule has 112 valence electrons. The van der Waals surface area contributed by atoms with Crippen molar-refractivity contribution in [1.29, 1.82) is 0 Å². The predicted molar refractivity (Wildman–Crippen MR) is 81.7 cm³/mol. The molecule has 0 saturated carbocycles. The van der Waals surface area contributed by atoms with Crippen LogP contribution in [0, 0.1) is 17.8 Å². The summed E-state index contributed by atoms with van der Waals surface area (Å²) in [5, 5.41) is 8.73. The molecule has 1 aromatic rings. The molecule has 1 fully saturated rings. The van der Waals surface area contributed by atoms with Crippen LogP contribution in [0.2, 0.25) is 0 Å². The highest BCUT2D eigenvalue weighted by Crippen LogP contribution is 2.25. The predicted octanol–water partition coefficient (Wildman–Crippen LogP) is 2.08. The third-order valence-corrected chi connectivity index (χ3v) is 3.78. The van der Waals surface area contributed by atoms with E-state index in [1.807, 2.05) is 4.90 Å². The van der Waals surface area contributed by atoms with E-state index in [1.54, 1.807) is 18.5 Å². The van der Waals surface area contributed by atoms with E-state index in [2.05, 4.69) is 30.7 Å². The smallest absolute Gasteiger partial charge is 0.255 e. The van der Waals surface area contributed by atoms with Gasteiger partial charge < -0.3 is 10.0 Å². The minimum Gasteiger partial charge on any atom is -0.395 e. The number of pyridine rings is 1. The Balaban J connectivity index is 2.16. The highest BCUT2D eigenvalue weighted by atomic mass is 16.2. The quantitative estimate of drug-likeness (QED) is 0.866. The van der Waals surface area contributed by atoms with E-state index >= 15 is 0 Å². The Morgan fingerprint density at radius 1 is 1.52 bits per heavy atom. The first-order chi connectivity index (χ1) is 10.1. The molecule has 21 heavy (non-hydrogen) atoms. The van der Waals surface area contributed by atoms with Crippen molar-refractivity contribution in [2.24, 2.45) is 5.92 Å². The van der Waals surface area contributed by atoms with Crippen LogP contribution in [0.3, 0.4) is 0 Å². The first kappa shape index (κ1) is 15.5. The van der Waals surface area contributed by atoms with Gasteiger partial charge in [-0.1, -0.05) is 25.7 Å². The molecule has 0 radical (unpaired) electrons. The zero-order chi connectivity index (χ0) is 15.2. The number of amides is 1. The van der Waals surface area contributed by atoms with Crippen LogP contribution in [-0.2, 0) is 0 Å². The lowest BCUT2D eigenvalue weighted by atomic mass is 10.0. The zero-order valence-corrected chi connectivity index (χ0v) is 12.7. The van der Waals surface area contributed by atoms with Crippen molar-refractivity contribution in [3.8, 4) is 11.8 Å². The summed E-state index contributed by atoms with van der Waals surface area (Å²) in [5.41, 5.74) is 1.31. The molecule has 2 heterocycles. The molecule has 4 heteroatoms. The Hall–Kier alpha value is -1.86. The van der Waals surface area contributed by atoms with Gasteiger partial charge in [0.25, 0.3) is 5.91 Å². The number of carbonyl (C=O) groups is 1. The van der Waals surface area contributed by atoms with Crippen LogP contribution in [0.25, 0.3) is 0 Å². The highest BCUT2D eigenvalue weighted by molar-refractivity contribution is 5.94. The Morgan fingerprint density at radius 3 is 3.05 bits per heavy atom. The monoisotopic (exact) mass is 286 g/mol. The summed E-state index contributed by atoms with van der Waals surface area (Å²) in [6.07, 6.45) is 5.82. The topological polar surface area (TPSA) is 53.4 Å². The van der Waals surface area contributed by atoms with Gasteiger partial charge in [0, 0.05) is 37.0 Å². The van der Waals surface area contributed by atoms with Crippen LogP contribution < -0.4 is 0 Å². The molecule has 1 aromatic heterocycles. The molecule has 0 bridgehead atoms. The Labute approximate surface area is 126 Å². The molecular formula is C17H22N2O2. The molecule has 0 spiro atoms. The van der Waals surface area contributed by atoms with Crippen LogP contribution in [-0.4, -0.2) is 40.1 Å². The van der Waals surface area contributed by atoms with Crippen molar-refractivity contribution >= 4 is 5.91 Å². The van der Waals surface area contributed by atoms with Crippen molar-refractivity contribution in [1.82, 2.24) is 9.88 Å². The number of likely N-dealkylation sites (tertiary alicyclic amines) is 1. The number of aromatic nitrogens is 1. The number of carbonyl (C=O) groups excluding carboxylic acids is 1. The SMILES string of the molecule is CC(C)C1CCCN1C(=O)c1cncc(C#CCCO)c1. The molecule has 1 amide bonds. The first-order valence-electron chi connectivity index (χ1n) is 7.49. The zero-order valence-electron chi connectivity index (χ0n) is 12.7. The van der Waals surface area contributed by atoms with Crippen molar-refractivity contribution in [2.75, 3.05) is 13.2 Å². The van der Waals surface area contributed by atoms with E-state index in [4.69, 9.17) is 5.11 Å². The van der Waals surface area contributed by atoms with Gasteiger partial charge >= 0.3 is 0 Å². The Bertz CT molecular complexity index is 557. The number of hydrogen-bond donors (Lipinski definition) is 1. The van der Waals surface area contributed by atoms with Crippen molar-refractivity contribution < 1.29 is 9.90 Å². The van der Waals surface area contributed by atoms with Crippen LogP contribution >= 0.6 is 0 Å². The Kier molecular flexibility index (Phi) is 5.35. The molecule has 1 aliphatic heterocycles. The normalized spacial score (nSPS) is 17.7. The van der Waals surface area contributed by atoms with Gasteiger partial charge in [-0.05, 0) is 24.8 Å². The molecule has 0 aromatic carbocycles. The average Bonchev–Trinajstić information content (AvgIpc) is 2.97. The molecule has 1 unspecified atom stereocenters. The van der Waals surface area contributed by atoms with E-state index in [9.17, 15) is 4.79 Å². The summed E-state index contributed by atoms with van der Waals surface area (Å²) in [5.74, 6) is 6.29. The number of hydrogen-bond acceptors (Lipinski definition) is 3. The number of nitrogens with zero attached hydrogens (tertiary/aromatic N) is 2. The second-order valence-electron chi connectivity index (χ2n) is 5.69. The molecule has 1 atom stereocenters. The van der Waals surface area contributed by atoms with Crippen LogP contribution in [0.4, 0.5) is 0 Å². The minimum atomic E-state index is 0.0445. The summed E-state index contributed by atoms with van der Waals surface area (Å²) < 4.78 is 0. The number of aliphatic hydroxyl groups excluding tert-OH is 1. The van der Waals surface area contributed by atoms with Gasteiger partial charge in [-0.3, -0.25) is 9.78 Å². The van der Waals surface area contributed by atoms with Gasteiger partial charge in [-0.15, -0.1) is 0 Å². The molecule has 1 aliphatic rings. The largest absolute Gasteiger partial charge is 0.395 e. The van der Waals surface area contributed by atoms with E-state index < -0.39 is 0 Å². The third-order valence-electron chi connectivity index (χ3n) is 3.78. The standard InChI is InChI=1S/C17H22N2O2/c1-13(2)16-7-5-8-19(16)17(21)15-10-14(11-18-12-15)6-3-4-9-20/h10-13,16,20H,4-5,7-9H2,1-2H3. The molecule has 1 saturated heterocycles. The van der Waals surface area contributed by atoms with Crippen LogP contribution in [0.1, 0.15) is 49.0 Å².